The Morgan fingerprint density at radius 1 is 1.52 bits per heavy atom. The number of hydrogen-bond donors (Lipinski definition) is 1. The molecule has 21 heavy (non-hydrogen) atoms. The van der Waals surface area contributed by atoms with Crippen LogP contribution in [0.15, 0.2) is 21.9 Å². The molecule has 0 atom stereocenters. The maximum Gasteiger partial charge on any atom is 0.305 e. The zero-order valence-corrected chi connectivity index (χ0v) is 12.9. The first-order valence-electron chi connectivity index (χ1n) is 6.66. The van der Waals surface area contributed by atoms with Gasteiger partial charge in [0, 0.05) is 12.2 Å². The van der Waals surface area contributed by atoms with E-state index in [0.29, 0.717) is 30.4 Å². The van der Waals surface area contributed by atoms with Gasteiger partial charge in [-0.1, -0.05) is 11.8 Å². The first-order chi connectivity index (χ1) is 10.1. The number of nitrogens with two attached hydrogens (primary N) is 1. The molecule has 0 fully saturated rings. The normalized spacial score (nSPS) is 10.8. The molecule has 0 aliphatic rings. The van der Waals surface area contributed by atoms with Crippen molar-refractivity contribution < 1.29 is 13.9 Å². The highest BCUT2D eigenvalue weighted by molar-refractivity contribution is 7.99. The van der Waals surface area contributed by atoms with Gasteiger partial charge in [-0.3, -0.25) is 4.79 Å². The summed E-state index contributed by atoms with van der Waals surface area (Å²) in [4.78, 5) is 11.2. The van der Waals surface area contributed by atoms with Crippen LogP contribution in [0.3, 0.4) is 0 Å². The van der Waals surface area contributed by atoms with Gasteiger partial charge in [0.15, 0.2) is 5.82 Å². The minimum Gasteiger partial charge on any atom is -0.469 e. The molecule has 8 heteroatoms. The molecule has 0 saturated heterocycles. The smallest absolute Gasteiger partial charge is 0.305 e. The third kappa shape index (κ3) is 3.78. The maximum atomic E-state index is 11.2. The van der Waals surface area contributed by atoms with Gasteiger partial charge < -0.3 is 15.0 Å². The molecular weight excluding hydrogens is 292 g/mol. The zero-order chi connectivity index (χ0) is 15.2. The fraction of sp³-hybridized carbons (Fsp3) is 0.462. The van der Waals surface area contributed by atoms with Crippen LogP contribution in [0.2, 0.25) is 0 Å². The highest BCUT2D eigenvalue weighted by Crippen LogP contribution is 2.25. The first kappa shape index (κ1) is 15.4. The molecule has 114 valence electrons. The van der Waals surface area contributed by atoms with Crippen molar-refractivity contribution in [2.45, 2.75) is 31.8 Å². The standard InChI is InChI=1S/C13H18N4O3S/c1-3-19-11(18)5-4-8-21-13-16-15-12(17(13)14)10-6-7-20-9(10)2/h6-7H,3-5,8,14H2,1-2H3. The highest BCUT2D eigenvalue weighted by Gasteiger charge is 2.15. The summed E-state index contributed by atoms with van der Waals surface area (Å²) in [6.07, 6.45) is 2.69. The average molecular weight is 310 g/mol. The number of aromatic nitrogens is 3. The molecule has 2 rings (SSSR count). The summed E-state index contributed by atoms with van der Waals surface area (Å²) in [6.45, 7) is 4.05. The molecule has 2 N–H and O–H groups in total. The van der Waals surface area contributed by atoms with Gasteiger partial charge in [-0.2, -0.15) is 0 Å². The van der Waals surface area contributed by atoms with E-state index in [9.17, 15) is 4.79 Å². The number of rotatable bonds is 7. The summed E-state index contributed by atoms with van der Waals surface area (Å²) in [5.74, 6) is 7.84. The van der Waals surface area contributed by atoms with Crippen LogP contribution in [0.1, 0.15) is 25.5 Å². The SMILES string of the molecule is CCOC(=O)CCCSc1nnc(-c2ccoc2C)n1N. The monoisotopic (exact) mass is 310 g/mol. The molecule has 0 aliphatic carbocycles. The quantitative estimate of drug-likeness (QED) is 0.361. The highest BCUT2D eigenvalue weighted by atomic mass is 32.2. The van der Waals surface area contributed by atoms with Crippen molar-refractivity contribution >= 4 is 17.7 Å². The fourth-order valence-electron chi connectivity index (χ4n) is 1.79. The Hall–Kier alpha value is -1.96. The third-order valence-electron chi connectivity index (χ3n) is 2.83. The first-order valence-corrected chi connectivity index (χ1v) is 7.65. The Bertz CT molecular complexity index is 608. The van der Waals surface area contributed by atoms with E-state index in [0.717, 1.165) is 17.1 Å². The Kier molecular flexibility index (Phi) is 5.26. The largest absolute Gasteiger partial charge is 0.469 e. The molecule has 0 aromatic carbocycles. The van der Waals surface area contributed by atoms with Crippen molar-refractivity contribution in [3.8, 4) is 11.4 Å². The minimum absolute atomic E-state index is 0.179. The number of carbonyl (C=O) groups is 1. The Balaban J connectivity index is 1.90. The van der Waals surface area contributed by atoms with Crippen molar-refractivity contribution in [1.29, 1.82) is 0 Å². The van der Waals surface area contributed by atoms with E-state index >= 15 is 0 Å². The molecular formula is C13H18N4O3S. The van der Waals surface area contributed by atoms with Crippen LogP contribution >= 0.6 is 11.8 Å². The van der Waals surface area contributed by atoms with Crippen molar-refractivity contribution in [3.63, 3.8) is 0 Å². The van der Waals surface area contributed by atoms with Gasteiger partial charge in [-0.25, -0.2) is 4.68 Å². The third-order valence-corrected chi connectivity index (χ3v) is 3.86. The minimum atomic E-state index is -0.179. The lowest BCUT2D eigenvalue weighted by molar-refractivity contribution is -0.143. The van der Waals surface area contributed by atoms with Crippen LogP contribution in [0.25, 0.3) is 11.4 Å². The van der Waals surface area contributed by atoms with Gasteiger partial charge in [0.05, 0.1) is 18.4 Å². The van der Waals surface area contributed by atoms with E-state index in [2.05, 4.69) is 10.2 Å². The van der Waals surface area contributed by atoms with Gasteiger partial charge >= 0.3 is 5.97 Å². The van der Waals surface area contributed by atoms with E-state index in [4.69, 9.17) is 15.0 Å². The molecule has 0 saturated carbocycles. The molecule has 2 aromatic heterocycles. The summed E-state index contributed by atoms with van der Waals surface area (Å²) in [6, 6.07) is 1.80. The number of carbonyl (C=O) groups excluding carboxylic acids is 1. The van der Waals surface area contributed by atoms with Crippen LogP contribution in [-0.2, 0) is 9.53 Å². The van der Waals surface area contributed by atoms with Gasteiger partial charge in [-0.05, 0) is 26.3 Å². The number of esters is 1. The Morgan fingerprint density at radius 3 is 3.00 bits per heavy atom. The Morgan fingerprint density at radius 2 is 2.33 bits per heavy atom. The summed E-state index contributed by atoms with van der Waals surface area (Å²) in [5.41, 5.74) is 0.823. The van der Waals surface area contributed by atoms with Crippen molar-refractivity contribution in [3.05, 3.63) is 18.1 Å². The number of aryl methyl sites for hydroxylation is 1. The molecule has 2 heterocycles. The lowest BCUT2D eigenvalue weighted by Gasteiger charge is -2.03. The second-order valence-electron chi connectivity index (χ2n) is 4.32. The van der Waals surface area contributed by atoms with Crippen molar-refractivity contribution in [2.24, 2.45) is 0 Å². The predicted octanol–water partition coefficient (Wildman–Crippen LogP) is 2.00. The van der Waals surface area contributed by atoms with Gasteiger partial charge in [0.2, 0.25) is 5.16 Å². The lowest BCUT2D eigenvalue weighted by Crippen LogP contribution is -2.12. The molecule has 0 bridgehead atoms. The van der Waals surface area contributed by atoms with Crippen molar-refractivity contribution in [1.82, 2.24) is 14.9 Å². The van der Waals surface area contributed by atoms with E-state index in [1.807, 2.05) is 6.92 Å². The fourth-order valence-corrected chi connectivity index (χ4v) is 2.58. The van der Waals surface area contributed by atoms with Gasteiger partial charge in [-0.15, -0.1) is 10.2 Å². The molecule has 0 spiro atoms. The summed E-state index contributed by atoms with van der Waals surface area (Å²) in [7, 11) is 0. The Labute approximate surface area is 126 Å². The van der Waals surface area contributed by atoms with E-state index in [1.165, 1.54) is 16.4 Å². The zero-order valence-electron chi connectivity index (χ0n) is 12.0. The maximum absolute atomic E-state index is 11.2. The van der Waals surface area contributed by atoms with Crippen LogP contribution in [0, 0.1) is 6.92 Å². The van der Waals surface area contributed by atoms with E-state index in [-0.39, 0.29) is 5.97 Å². The number of thioether (sulfide) groups is 1. The van der Waals surface area contributed by atoms with Gasteiger partial charge in [0.1, 0.15) is 5.76 Å². The number of furan rings is 1. The van der Waals surface area contributed by atoms with Crippen LogP contribution in [-0.4, -0.2) is 33.2 Å². The average Bonchev–Trinajstić information content (AvgIpc) is 3.02. The van der Waals surface area contributed by atoms with Gasteiger partial charge in [0.25, 0.3) is 0 Å². The molecule has 2 aromatic rings. The molecule has 0 aliphatic heterocycles. The van der Waals surface area contributed by atoms with Crippen LogP contribution in [0.4, 0.5) is 0 Å². The van der Waals surface area contributed by atoms with Crippen molar-refractivity contribution in [2.75, 3.05) is 18.2 Å². The topological polar surface area (TPSA) is 96.2 Å². The second kappa shape index (κ2) is 7.16. The predicted molar refractivity (Wildman–Crippen MR) is 79.2 cm³/mol. The molecule has 0 unspecified atom stereocenters. The molecule has 7 nitrogen and oxygen atoms in total. The molecule has 0 amide bonds. The number of hydrogen-bond acceptors (Lipinski definition) is 7. The summed E-state index contributed by atoms with van der Waals surface area (Å²) in [5, 5.41) is 8.74. The number of nitrogens with zero attached hydrogens (tertiary/aromatic N) is 3. The van der Waals surface area contributed by atoms with E-state index < -0.39 is 0 Å². The van der Waals surface area contributed by atoms with Crippen LogP contribution < -0.4 is 5.84 Å². The number of ether oxygens (including phenoxy) is 1. The number of nitrogen functional groups attached to an aromatic ring is 1. The lowest BCUT2D eigenvalue weighted by atomic mass is 10.2. The summed E-state index contributed by atoms with van der Waals surface area (Å²) >= 11 is 1.46. The van der Waals surface area contributed by atoms with Crippen LogP contribution in [0.5, 0.6) is 0 Å². The molecule has 0 radical (unpaired) electrons. The summed E-state index contributed by atoms with van der Waals surface area (Å²) < 4.78 is 11.5. The van der Waals surface area contributed by atoms with E-state index in [1.54, 1.807) is 19.3 Å². The second-order valence-corrected chi connectivity index (χ2v) is 5.39.